The molecule has 104 valence electrons. The summed E-state index contributed by atoms with van der Waals surface area (Å²) in [6.45, 7) is 0.454. The number of carbonyl (C=O) groups is 1. The molecule has 2 aromatic rings. The van der Waals surface area contributed by atoms with Gasteiger partial charge in [0, 0.05) is 6.42 Å². The quantitative estimate of drug-likeness (QED) is 0.850. The first kappa shape index (κ1) is 13.9. The van der Waals surface area contributed by atoms with Crippen molar-refractivity contribution in [3.05, 3.63) is 59.7 Å². The molecule has 20 heavy (non-hydrogen) atoms. The normalized spacial score (nSPS) is 10.1. The smallest absolute Gasteiger partial charge is 0.337 e. The summed E-state index contributed by atoms with van der Waals surface area (Å²) in [6, 6.07) is 14.4. The van der Waals surface area contributed by atoms with Crippen molar-refractivity contribution in [2.24, 2.45) is 0 Å². The van der Waals surface area contributed by atoms with Crippen LogP contribution in [-0.4, -0.2) is 24.8 Å². The van der Waals surface area contributed by atoms with Crippen LogP contribution in [0.5, 0.6) is 11.5 Å². The van der Waals surface area contributed by atoms with Gasteiger partial charge in [0.1, 0.15) is 0 Å². The summed E-state index contributed by atoms with van der Waals surface area (Å²) < 4.78 is 10.1. The van der Waals surface area contributed by atoms with E-state index in [1.807, 2.05) is 30.3 Å². The van der Waals surface area contributed by atoms with Crippen molar-refractivity contribution >= 4 is 5.97 Å². The average Bonchev–Trinajstić information content (AvgIpc) is 2.49. The van der Waals surface area contributed by atoms with Crippen LogP contribution < -0.4 is 4.74 Å². The number of aromatic hydroxyl groups is 1. The third kappa shape index (κ3) is 3.51. The Hall–Kier alpha value is -2.49. The third-order valence-corrected chi connectivity index (χ3v) is 2.87. The fourth-order valence-corrected chi connectivity index (χ4v) is 1.81. The van der Waals surface area contributed by atoms with Crippen LogP contribution in [0.25, 0.3) is 0 Å². The first-order valence-electron chi connectivity index (χ1n) is 6.29. The van der Waals surface area contributed by atoms with Crippen molar-refractivity contribution in [3.8, 4) is 11.5 Å². The molecule has 0 saturated heterocycles. The molecule has 0 bridgehead atoms. The van der Waals surface area contributed by atoms with Gasteiger partial charge in [0.25, 0.3) is 0 Å². The SMILES string of the molecule is COC(=O)c1ccc(OCCc2ccccc2)c(O)c1. The van der Waals surface area contributed by atoms with Gasteiger partial charge in [-0.15, -0.1) is 0 Å². The average molecular weight is 272 g/mol. The van der Waals surface area contributed by atoms with Crippen molar-refractivity contribution < 1.29 is 19.4 Å². The fourth-order valence-electron chi connectivity index (χ4n) is 1.81. The Labute approximate surface area is 117 Å². The van der Waals surface area contributed by atoms with Gasteiger partial charge in [0.05, 0.1) is 19.3 Å². The molecule has 0 aliphatic rings. The summed E-state index contributed by atoms with van der Waals surface area (Å²) in [5, 5.41) is 9.80. The number of phenols is 1. The van der Waals surface area contributed by atoms with Crippen LogP contribution in [0.3, 0.4) is 0 Å². The van der Waals surface area contributed by atoms with Gasteiger partial charge in [-0.1, -0.05) is 30.3 Å². The molecule has 4 heteroatoms. The first-order valence-corrected chi connectivity index (χ1v) is 6.29. The lowest BCUT2D eigenvalue weighted by Gasteiger charge is -2.09. The summed E-state index contributed by atoms with van der Waals surface area (Å²) in [5.74, 6) is -0.203. The van der Waals surface area contributed by atoms with Gasteiger partial charge >= 0.3 is 5.97 Å². The van der Waals surface area contributed by atoms with E-state index in [0.717, 1.165) is 12.0 Å². The highest BCUT2D eigenvalue weighted by Gasteiger charge is 2.09. The van der Waals surface area contributed by atoms with Gasteiger partial charge in [-0.3, -0.25) is 0 Å². The highest BCUT2D eigenvalue weighted by molar-refractivity contribution is 5.90. The number of phenolic OH excluding ortho intramolecular Hbond substituents is 1. The van der Waals surface area contributed by atoms with E-state index in [2.05, 4.69) is 4.74 Å². The summed E-state index contributed by atoms with van der Waals surface area (Å²) in [5.41, 5.74) is 1.46. The van der Waals surface area contributed by atoms with Crippen LogP contribution in [-0.2, 0) is 11.2 Å². The number of benzene rings is 2. The Morgan fingerprint density at radius 2 is 1.90 bits per heavy atom. The van der Waals surface area contributed by atoms with Gasteiger partial charge in [0.15, 0.2) is 11.5 Å². The molecule has 0 amide bonds. The van der Waals surface area contributed by atoms with E-state index in [4.69, 9.17) is 4.74 Å². The van der Waals surface area contributed by atoms with Crippen molar-refractivity contribution in [1.29, 1.82) is 0 Å². The standard InChI is InChI=1S/C16H16O4/c1-19-16(18)13-7-8-15(14(17)11-13)20-10-9-12-5-3-2-4-6-12/h2-8,11,17H,9-10H2,1H3. The number of methoxy groups -OCH3 is 1. The molecule has 0 aromatic heterocycles. The second-order valence-corrected chi connectivity index (χ2v) is 4.26. The largest absolute Gasteiger partial charge is 0.504 e. The topological polar surface area (TPSA) is 55.8 Å². The number of esters is 1. The molecule has 1 N–H and O–H groups in total. The number of carbonyl (C=O) groups excluding carboxylic acids is 1. The Balaban J connectivity index is 1.95. The molecule has 0 spiro atoms. The molecular weight excluding hydrogens is 256 g/mol. The molecule has 2 rings (SSSR count). The van der Waals surface area contributed by atoms with Crippen molar-refractivity contribution in [2.45, 2.75) is 6.42 Å². The molecule has 0 aliphatic heterocycles. The van der Waals surface area contributed by atoms with Gasteiger partial charge in [0.2, 0.25) is 0 Å². The van der Waals surface area contributed by atoms with Gasteiger partial charge in [-0.25, -0.2) is 4.79 Å². The highest BCUT2D eigenvalue weighted by atomic mass is 16.5. The van der Waals surface area contributed by atoms with Crippen LogP contribution in [0.1, 0.15) is 15.9 Å². The summed E-state index contributed by atoms with van der Waals surface area (Å²) in [4.78, 5) is 11.3. The number of ether oxygens (including phenoxy) is 2. The van der Waals surface area contributed by atoms with Gasteiger partial charge < -0.3 is 14.6 Å². The van der Waals surface area contributed by atoms with Crippen LogP contribution in [0.4, 0.5) is 0 Å². The van der Waals surface area contributed by atoms with Crippen LogP contribution in [0.15, 0.2) is 48.5 Å². The summed E-state index contributed by atoms with van der Waals surface area (Å²) in [6.07, 6.45) is 0.749. The Morgan fingerprint density at radius 1 is 1.15 bits per heavy atom. The zero-order chi connectivity index (χ0) is 14.4. The number of hydrogen-bond donors (Lipinski definition) is 1. The summed E-state index contributed by atoms with van der Waals surface area (Å²) in [7, 11) is 1.30. The first-order chi connectivity index (χ1) is 9.70. The van der Waals surface area contributed by atoms with E-state index in [1.165, 1.54) is 13.2 Å². The van der Waals surface area contributed by atoms with E-state index in [1.54, 1.807) is 12.1 Å². The second kappa shape index (κ2) is 6.61. The predicted molar refractivity (Wildman–Crippen MR) is 75.1 cm³/mol. The fraction of sp³-hybridized carbons (Fsp3) is 0.188. The van der Waals surface area contributed by atoms with Crippen LogP contribution >= 0.6 is 0 Å². The Bertz CT molecular complexity index is 578. The lowest BCUT2D eigenvalue weighted by molar-refractivity contribution is 0.0600. The minimum absolute atomic E-state index is 0.0686. The van der Waals surface area contributed by atoms with Crippen molar-refractivity contribution in [1.82, 2.24) is 0 Å². The van der Waals surface area contributed by atoms with Gasteiger partial charge in [-0.05, 0) is 23.8 Å². The molecule has 0 saturated carbocycles. The lowest BCUT2D eigenvalue weighted by Crippen LogP contribution is -2.03. The minimum Gasteiger partial charge on any atom is -0.504 e. The highest BCUT2D eigenvalue weighted by Crippen LogP contribution is 2.27. The zero-order valence-corrected chi connectivity index (χ0v) is 11.2. The molecular formula is C16H16O4. The van der Waals surface area contributed by atoms with Crippen LogP contribution in [0, 0.1) is 0 Å². The predicted octanol–water partition coefficient (Wildman–Crippen LogP) is 2.80. The van der Waals surface area contributed by atoms with Crippen LogP contribution in [0.2, 0.25) is 0 Å². The maximum atomic E-state index is 11.3. The molecule has 0 radical (unpaired) electrons. The monoisotopic (exact) mass is 272 g/mol. The van der Waals surface area contributed by atoms with E-state index in [0.29, 0.717) is 17.9 Å². The maximum absolute atomic E-state index is 11.3. The molecule has 0 heterocycles. The van der Waals surface area contributed by atoms with E-state index in [-0.39, 0.29) is 5.75 Å². The third-order valence-electron chi connectivity index (χ3n) is 2.87. The Kier molecular flexibility index (Phi) is 4.60. The maximum Gasteiger partial charge on any atom is 0.337 e. The molecule has 4 nitrogen and oxygen atoms in total. The zero-order valence-electron chi connectivity index (χ0n) is 11.2. The van der Waals surface area contributed by atoms with E-state index < -0.39 is 5.97 Å². The van der Waals surface area contributed by atoms with E-state index in [9.17, 15) is 9.90 Å². The molecule has 0 atom stereocenters. The molecule has 0 fully saturated rings. The summed E-state index contributed by atoms with van der Waals surface area (Å²) >= 11 is 0. The second-order valence-electron chi connectivity index (χ2n) is 4.26. The Morgan fingerprint density at radius 3 is 2.55 bits per heavy atom. The molecule has 0 unspecified atom stereocenters. The molecule has 0 aliphatic carbocycles. The van der Waals surface area contributed by atoms with E-state index >= 15 is 0 Å². The lowest BCUT2D eigenvalue weighted by atomic mass is 10.2. The van der Waals surface area contributed by atoms with Crippen molar-refractivity contribution in [3.63, 3.8) is 0 Å². The number of rotatable bonds is 5. The van der Waals surface area contributed by atoms with Crippen molar-refractivity contribution in [2.75, 3.05) is 13.7 Å². The van der Waals surface area contributed by atoms with Gasteiger partial charge in [-0.2, -0.15) is 0 Å². The minimum atomic E-state index is -0.490. The molecule has 2 aromatic carbocycles. The number of hydrogen-bond acceptors (Lipinski definition) is 4.